The van der Waals surface area contributed by atoms with Crippen molar-refractivity contribution in [1.29, 1.82) is 0 Å². The molecule has 0 aliphatic carbocycles. The molecule has 1 unspecified atom stereocenters. The molecule has 1 N–H and O–H groups in total. The van der Waals surface area contributed by atoms with Gasteiger partial charge in [-0.2, -0.15) is 0 Å². The predicted molar refractivity (Wildman–Crippen MR) is 77.2 cm³/mol. The summed E-state index contributed by atoms with van der Waals surface area (Å²) in [5, 5.41) is 9.34. The van der Waals surface area contributed by atoms with E-state index in [0.717, 1.165) is 19.6 Å². The van der Waals surface area contributed by atoms with Crippen LogP contribution in [0.25, 0.3) is 0 Å². The summed E-state index contributed by atoms with van der Waals surface area (Å²) in [6, 6.07) is 6.68. The minimum absolute atomic E-state index is 0.0744. The van der Waals surface area contributed by atoms with E-state index in [2.05, 4.69) is 50.8 Å². The van der Waals surface area contributed by atoms with Crippen LogP contribution in [0.15, 0.2) is 18.2 Å². The first-order valence-electron chi connectivity index (χ1n) is 6.96. The predicted octanol–water partition coefficient (Wildman–Crippen LogP) is 2.28. The molecule has 19 heavy (non-hydrogen) atoms. The summed E-state index contributed by atoms with van der Waals surface area (Å²) in [7, 11) is 0. The second-order valence-electron chi connectivity index (χ2n) is 6.35. The largest absolute Gasteiger partial charge is 0.394 e. The number of morpholine rings is 1. The fraction of sp³-hybridized carbons (Fsp3) is 0.625. The molecule has 2 rings (SSSR count). The van der Waals surface area contributed by atoms with Gasteiger partial charge in [-0.1, -0.05) is 29.3 Å². The number of hydrogen-bond donors (Lipinski definition) is 1. The average molecular weight is 263 g/mol. The van der Waals surface area contributed by atoms with E-state index >= 15 is 0 Å². The Balaban J connectivity index is 2.09. The molecule has 1 aliphatic heterocycles. The van der Waals surface area contributed by atoms with Crippen LogP contribution in [0, 0.1) is 13.8 Å². The lowest BCUT2D eigenvalue weighted by molar-refractivity contribution is -0.150. The van der Waals surface area contributed by atoms with Gasteiger partial charge in [0.05, 0.1) is 18.3 Å². The molecule has 0 amide bonds. The second kappa shape index (κ2) is 5.61. The van der Waals surface area contributed by atoms with Gasteiger partial charge in [0.15, 0.2) is 0 Å². The number of benzene rings is 1. The van der Waals surface area contributed by atoms with Crippen LogP contribution in [0.1, 0.15) is 30.5 Å². The molecule has 1 aromatic rings. The van der Waals surface area contributed by atoms with E-state index in [4.69, 9.17) is 4.74 Å². The quantitative estimate of drug-likeness (QED) is 0.908. The molecule has 1 saturated heterocycles. The zero-order valence-electron chi connectivity index (χ0n) is 12.4. The lowest BCUT2D eigenvalue weighted by atomic mass is 10.0. The third-order valence-electron chi connectivity index (χ3n) is 3.44. The van der Waals surface area contributed by atoms with Crippen LogP contribution in [-0.2, 0) is 11.3 Å². The van der Waals surface area contributed by atoms with Gasteiger partial charge in [-0.3, -0.25) is 4.90 Å². The Labute approximate surface area is 116 Å². The van der Waals surface area contributed by atoms with Gasteiger partial charge in [0.25, 0.3) is 0 Å². The van der Waals surface area contributed by atoms with Crippen LogP contribution >= 0.6 is 0 Å². The molecule has 0 bridgehead atoms. The Morgan fingerprint density at radius 2 is 1.89 bits per heavy atom. The number of hydrogen-bond acceptors (Lipinski definition) is 3. The van der Waals surface area contributed by atoms with Crippen LogP contribution < -0.4 is 0 Å². The summed E-state index contributed by atoms with van der Waals surface area (Å²) in [4.78, 5) is 2.37. The van der Waals surface area contributed by atoms with E-state index in [1.54, 1.807) is 0 Å². The molecule has 0 spiro atoms. The molecule has 1 heterocycles. The molecule has 1 aliphatic rings. The third kappa shape index (κ3) is 4.03. The Morgan fingerprint density at radius 1 is 1.26 bits per heavy atom. The summed E-state index contributed by atoms with van der Waals surface area (Å²) in [5.74, 6) is 0. The second-order valence-corrected chi connectivity index (χ2v) is 6.35. The van der Waals surface area contributed by atoms with Crippen LogP contribution in [0.5, 0.6) is 0 Å². The SMILES string of the molecule is Cc1cc(C)cc(CN2CC(CO)OC(C)(C)C2)c1. The number of aryl methyl sites for hydroxylation is 2. The smallest absolute Gasteiger partial charge is 0.0940 e. The Kier molecular flexibility index (Phi) is 4.29. The summed E-state index contributed by atoms with van der Waals surface area (Å²) >= 11 is 0. The standard InChI is InChI=1S/C16H25NO2/c1-12-5-13(2)7-14(6-12)8-17-9-15(10-18)19-16(3,4)11-17/h5-7,15,18H,8-11H2,1-4H3. The summed E-state index contributed by atoms with van der Waals surface area (Å²) in [6.45, 7) is 11.2. The lowest BCUT2D eigenvalue weighted by Crippen LogP contribution is -2.53. The number of rotatable bonds is 3. The Hall–Kier alpha value is -0.900. The highest BCUT2D eigenvalue weighted by molar-refractivity contribution is 5.28. The van der Waals surface area contributed by atoms with E-state index in [1.165, 1.54) is 16.7 Å². The van der Waals surface area contributed by atoms with Crippen molar-refractivity contribution in [1.82, 2.24) is 4.90 Å². The van der Waals surface area contributed by atoms with Gasteiger partial charge < -0.3 is 9.84 Å². The Bertz CT molecular complexity index is 422. The van der Waals surface area contributed by atoms with Gasteiger partial charge in [0.2, 0.25) is 0 Å². The molecule has 1 fully saturated rings. The van der Waals surface area contributed by atoms with Crippen LogP contribution in [0.4, 0.5) is 0 Å². The van der Waals surface area contributed by atoms with Gasteiger partial charge in [-0.05, 0) is 33.3 Å². The molecule has 3 nitrogen and oxygen atoms in total. The molecule has 1 aromatic carbocycles. The summed E-state index contributed by atoms with van der Waals surface area (Å²) in [5.41, 5.74) is 3.76. The first-order valence-corrected chi connectivity index (χ1v) is 6.96. The van der Waals surface area contributed by atoms with Crippen molar-refractivity contribution in [2.75, 3.05) is 19.7 Å². The number of aliphatic hydroxyl groups excluding tert-OH is 1. The molecule has 106 valence electrons. The van der Waals surface area contributed by atoms with Crippen molar-refractivity contribution < 1.29 is 9.84 Å². The van der Waals surface area contributed by atoms with Gasteiger partial charge in [-0.15, -0.1) is 0 Å². The molecule has 0 radical (unpaired) electrons. The lowest BCUT2D eigenvalue weighted by Gasteiger charge is -2.42. The fourth-order valence-electron chi connectivity index (χ4n) is 3.05. The normalized spacial score (nSPS) is 23.5. The third-order valence-corrected chi connectivity index (χ3v) is 3.44. The average Bonchev–Trinajstić information content (AvgIpc) is 2.25. The van der Waals surface area contributed by atoms with E-state index < -0.39 is 0 Å². The Morgan fingerprint density at radius 3 is 2.47 bits per heavy atom. The van der Waals surface area contributed by atoms with Crippen molar-refractivity contribution in [3.63, 3.8) is 0 Å². The van der Waals surface area contributed by atoms with E-state index in [1.807, 2.05) is 0 Å². The van der Waals surface area contributed by atoms with E-state index in [9.17, 15) is 5.11 Å². The number of ether oxygens (including phenoxy) is 1. The molecule has 0 aromatic heterocycles. The number of aliphatic hydroxyl groups is 1. The van der Waals surface area contributed by atoms with Crippen molar-refractivity contribution >= 4 is 0 Å². The van der Waals surface area contributed by atoms with Gasteiger partial charge in [0.1, 0.15) is 0 Å². The monoisotopic (exact) mass is 263 g/mol. The zero-order valence-corrected chi connectivity index (χ0v) is 12.4. The van der Waals surface area contributed by atoms with E-state index in [-0.39, 0.29) is 18.3 Å². The summed E-state index contributed by atoms with van der Waals surface area (Å²) < 4.78 is 5.85. The first kappa shape index (κ1) is 14.5. The van der Waals surface area contributed by atoms with Crippen LogP contribution in [0.3, 0.4) is 0 Å². The summed E-state index contributed by atoms with van der Waals surface area (Å²) in [6.07, 6.45) is -0.0744. The van der Waals surface area contributed by atoms with Gasteiger partial charge in [0, 0.05) is 19.6 Å². The highest BCUT2D eigenvalue weighted by Gasteiger charge is 2.32. The van der Waals surface area contributed by atoms with Crippen molar-refractivity contribution in [2.24, 2.45) is 0 Å². The maximum atomic E-state index is 9.34. The molecule has 0 saturated carbocycles. The van der Waals surface area contributed by atoms with Gasteiger partial charge >= 0.3 is 0 Å². The fourth-order valence-corrected chi connectivity index (χ4v) is 3.05. The van der Waals surface area contributed by atoms with Crippen LogP contribution in [-0.4, -0.2) is 41.4 Å². The molecule has 1 atom stereocenters. The van der Waals surface area contributed by atoms with Crippen LogP contribution in [0.2, 0.25) is 0 Å². The molecule has 3 heteroatoms. The van der Waals surface area contributed by atoms with Crippen molar-refractivity contribution in [2.45, 2.75) is 45.9 Å². The topological polar surface area (TPSA) is 32.7 Å². The minimum atomic E-state index is -0.190. The van der Waals surface area contributed by atoms with E-state index in [0.29, 0.717) is 0 Å². The van der Waals surface area contributed by atoms with Crippen molar-refractivity contribution in [3.05, 3.63) is 34.9 Å². The maximum Gasteiger partial charge on any atom is 0.0940 e. The molecular weight excluding hydrogens is 238 g/mol. The molecular formula is C16H25NO2. The minimum Gasteiger partial charge on any atom is -0.394 e. The zero-order chi connectivity index (χ0) is 14.0. The highest BCUT2D eigenvalue weighted by atomic mass is 16.5. The number of nitrogens with zero attached hydrogens (tertiary/aromatic N) is 1. The van der Waals surface area contributed by atoms with Crippen molar-refractivity contribution in [3.8, 4) is 0 Å². The first-order chi connectivity index (χ1) is 8.88. The van der Waals surface area contributed by atoms with Gasteiger partial charge in [-0.25, -0.2) is 0 Å². The highest BCUT2D eigenvalue weighted by Crippen LogP contribution is 2.23. The maximum absolute atomic E-state index is 9.34.